The molecule has 0 unspecified atom stereocenters. The number of rotatable bonds is 2. The van der Waals surface area contributed by atoms with Crippen LogP contribution in [0.25, 0.3) is 0 Å². The second kappa shape index (κ2) is 4.28. The van der Waals surface area contributed by atoms with E-state index in [-0.39, 0.29) is 0 Å². The van der Waals surface area contributed by atoms with Crippen molar-refractivity contribution in [1.82, 2.24) is 4.90 Å². The van der Waals surface area contributed by atoms with Gasteiger partial charge in [-0.25, -0.2) is 0 Å². The van der Waals surface area contributed by atoms with E-state index in [1.807, 2.05) is 0 Å². The van der Waals surface area contributed by atoms with Crippen molar-refractivity contribution in [2.75, 3.05) is 19.6 Å². The second-order valence-electron chi connectivity index (χ2n) is 2.37. The summed E-state index contributed by atoms with van der Waals surface area (Å²) in [6.07, 6.45) is 5.01. The summed E-state index contributed by atoms with van der Waals surface area (Å²) in [6.45, 7) is 3.77. The molecular formula is C7H12IN. The predicted molar refractivity (Wildman–Crippen MR) is 48.8 cm³/mol. The van der Waals surface area contributed by atoms with Crippen LogP contribution < -0.4 is 0 Å². The molecule has 0 radical (unpaired) electrons. The predicted octanol–water partition coefficient (Wildman–Crippen LogP) is 2.03. The first-order valence-electron chi connectivity index (χ1n) is 3.41. The van der Waals surface area contributed by atoms with Crippen LogP contribution >= 0.6 is 22.6 Å². The quantitative estimate of drug-likeness (QED) is 0.664. The molecule has 0 bridgehead atoms. The summed E-state index contributed by atoms with van der Waals surface area (Å²) in [5.74, 6) is 0. The van der Waals surface area contributed by atoms with Crippen LogP contribution in [0, 0.1) is 0 Å². The Morgan fingerprint density at radius 3 is 2.56 bits per heavy atom. The molecule has 2 heteroatoms. The third-order valence-electron chi connectivity index (χ3n) is 1.65. The first kappa shape index (κ1) is 7.54. The fourth-order valence-electron chi connectivity index (χ4n) is 1.15. The molecule has 1 aliphatic rings. The van der Waals surface area contributed by atoms with E-state index in [2.05, 4.69) is 37.6 Å². The average molecular weight is 237 g/mol. The van der Waals surface area contributed by atoms with Crippen LogP contribution in [0.4, 0.5) is 0 Å². The number of hydrogen-bond acceptors (Lipinski definition) is 1. The normalized spacial score (nSPS) is 21.9. The molecule has 9 heavy (non-hydrogen) atoms. The van der Waals surface area contributed by atoms with E-state index in [0.717, 1.165) is 6.54 Å². The Balaban J connectivity index is 2.11. The number of nitrogens with zero attached hydrogens (tertiary/aromatic N) is 1. The summed E-state index contributed by atoms with van der Waals surface area (Å²) < 4.78 is 2.09. The second-order valence-corrected chi connectivity index (χ2v) is 3.09. The molecule has 1 rings (SSSR count). The molecule has 1 nitrogen and oxygen atoms in total. The van der Waals surface area contributed by atoms with Gasteiger partial charge in [0.15, 0.2) is 0 Å². The van der Waals surface area contributed by atoms with Crippen molar-refractivity contribution in [1.29, 1.82) is 0 Å². The van der Waals surface area contributed by atoms with Crippen molar-refractivity contribution >= 4 is 22.6 Å². The topological polar surface area (TPSA) is 3.24 Å². The molecule has 0 amide bonds. The van der Waals surface area contributed by atoms with Gasteiger partial charge in [-0.2, -0.15) is 0 Å². The van der Waals surface area contributed by atoms with Crippen molar-refractivity contribution in [3.8, 4) is 0 Å². The lowest BCUT2D eigenvalue weighted by atomic mass is 10.4. The van der Waals surface area contributed by atoms with Crippen LogP contribution in [0.15, 0.2) is 10.2 Å². The van der Waals surface area contributed by atoms with Crippen LogP contribution in [-0.4, -0.2) is 24.5 Å². The minimum Gasteiger partial charge on any atom is -0.300 e. The molecule has 0 N–H and O–H groups in total. The molecule has 0 spiro atoms. The standard InChI is InChI=1S/C7H12IN/c8-4-3-7-9-5-1-2-6-9/h3-4H,1-2,5-7H2/b4-3+. The van der Waals surface area contributed by atoms with Crippen LogP contribution in [-0.2, 0) is 0 Å². The van der Waals surface area contributed by atoms with Gasteiger partial charge >= 0.3 is 0 Å². The Kier molecular flexibility index (Phi) is 3.58. The molecule has 1 fully saturated rings. The van der Waals surface area contributed by atoms with E-state index in [1.54, 1.807) is 0 Å². The van der Waals surface area contributed by atoms with E-state index in [9.17, 15) is 0 Å². The van der Waals surface area contributed by atoms with Crippen LogP contribution in [0.1, 0.15) is 12.8 Å². The van der Waals surface area contributed by atoms with Crippen molar-refractivity contribution in [2.45, 2.75) is 12.8 Å². The van der Waals surface area contributed by atoms with Gasteiger partial charge in [0.2, 0.25) is 0 Å². The molecule has 0 aromatic rings. The van der Waals surface area contributed by atoms with Crippen molar-refractivity contribution in [3.05, 3.63) is 10.2 Å². The van der Waals surface area contributed by atoms with Gasteiger partial charge in [0.05, 0.1) is 0 Å². The third-order valence-corrected chi connectivity index (χ3v) is 2.16. The lowest BCUT2D eigenvalue weighted by molar-refractivity contribution is 0.377. The molecule has 0 aromatic heterocycles. The maximum absolute atomic E-state index is 2.48. The maximum atomic E-state index is 2.48. The minimum absolute atomic E-state index is 1.16. The number of halogens is 1. The fraction of sp³-hybridized carbons (Fsp3) is 0.714. The Bertz CT molecular complexity index is 95.1. The average Bonchev–Trinajstić information content (AvgIpc) is 2.34. The summed E-state index contributed by atoms with van der Waals surface area (Å²) in [7, 11) is 0. The summed E-state index contributed by atoms with van der Waals surface area (Å²) in [5.41, 5.74) is 0. The van der Waals surface area contributed by atoms with Gasteiger partial charge in [0.1, 0.15) is 0 Å². The molecular weight excluding hydrogens is 225 g/mol. The van der Waals surface area contributed by atoms with Crippen LogP contribution in [0.3, 0.4) is 0 Å². The van der Waals surface area contributed by atoms with E-state index in [1.165, 1.54) is 25.9 Å². The molecule has 1 aliphatic heterocycles. The fourth-order valence-corrected chi connectivity index (χ4v) is 1.38. The van der Waals surface area contributed by atoms with Gasteiger partial charge < -0.3 is 0 Å². The molecule has 1 heterocycles. The van der Waals surface area contributed by atoms with Gasteiger partial charge in [-0.3, -0.25) is 4.90 Å². The van der Waals surface area contributed by atoms with Crippen LogP contribution in [0.5, 0.6) is 0 Å². The van der Waals surface area contributed by atoms with Gasteiger partial charge in [-0.15, -0.1) is 0 Å². The Morgan fingerprint density at radius 2 is 2.00 bits per heavy atom. The van der Waals surface area contributed by atoms with Gasteiger partial charge in [0.25, 0.3) is 0 Å². The maximum Gasteiger partial charge on any atom is 0.0170 e. The lowest BCUT2D eigenvalue weighted by Gasteiger charge is -2.09. The molecule has 1 saturated heterocycles. The zero-order valence-corrected chi connectivity index (χ0v) is 7.67. The zero-order chi connectivity index (χ0) is 6.53. The summed E-state index contributed by atoms with van der Waals surface area (Å²) in [4.78, 5) is 2.48. The molecule has 0 atom stereocenters. The Labute approximate surface area is 70.3 Å². The highest BCUT2D eigenvalue weighted by Gasteiger charge is 2.07. The summed E-state index contributed by atoms with van der Waals surface area (Å²) in [6, 6.07) is 0. The van der Waals surface area contributed by atoms with Crippen molar-refractivity contribution in [3.63, 3.8) is 0 Å². The number of likely N-dealkylation sites (tertiary alicyclic amines) is 1. The smallest absolute Gasteiger partial charge is 0.0170 e. The SMILES string of the molecule is I/C=C/CN1CCCC1. The van der Waals surface area contributed by atoms with E-state index in [4.69, 9.17) is 0 Å². The number of hydrogen-bond donors (Lipinski definition) is 0. The third kappa shape index (κ3) is 2.67. The highest BCUT2D eigenvalue weighted by molar-refractivity contribution is 14.1. The molecule has 0 aliphatic carbocycles. The van der Waals surface area contributed by atoms with Gasteiger partial charge in [0, 0.05) is 6.54 Å². The lowest BCUT2D eigenvalue weighted by Crippen LogP contribution is -2.18. The highest BCUT2D eigenvalue weighted by Crippen LogP contribution is 2.06. The van der Waals surface area contributed by atoms with E-state index < -0.39 is 0 Å². The van der Waals surface area contributed by atoms with Crippen molar-refractivity contribution < 1.29 is 0 Å². The minimum atomic E-state index is 1.16. The molecule has 52 valence electrons. The molecule has 0 saturated carbocycles. The van der Waals surface area contributed by atoms with Crippen LogP contribution in [0.2, 0.25) is 0 Å². The van der Waals surface area contributed by atoms with E-state index in [0.29, 0.717) is 0 Å². The highest BCUT2D eigenvalue weighted by atomic mass is 127. The first-order valence-corrected chi connectivity index (χ1v) is 4.65. The zero-order valence-electron chi connectivity index (χ0n) is 5.52. The summed E-state index contributed by atoms with van der Waals surface area (Å²) >= 11 is 2.27. The summed E-state index contributed by atoms with van der Waals surface area (Å²) in [5, 5.41) is 0. The Hall–Kier alpha value is 0.430. The van der Waals surface area contributed by atoms with Gasteiger partial charge in [-0.1, -0.05) is 28.7 Å². The van der Waals surface area contributed by atoms with E-state index >= 15 is 0 Å². The Morgan fingerprint density at radius 1 is 1.33 bits per heavy atom. The first-order chi connectivity index (χ1) is 4.43. The van der Waals surface area contributed by atoms with Gasteiger partial charge in [-0.05, 0) is 30.0 Å². The monoisotopic (exact) mass is 237 g/mol. The van der Waals surface area contributed by atoms with Crippen molar-refractivity contribution in [2.24, 2.45) is 0 Å². The largest absolute Gasteiger partial charge is 0.300 e. The molecule has 0 aromatic carbocycles.